The number of benzene rings is 2. The predicted molar refractivity (Wildman–Crippen MR) is 89.1 cm³/mol. The molecule has 3 rings (SSSR count). The zero-order valence-corrected chi connectivity index (χ0v) is 13.7. The van der Waals surface area contributed by atoms with E-state index in [0.29, 0.717) is 0 Å². The first-order valence-corrected chi connectivity index (χ1v) is 8.01. The molecule has 1 unspecified atom stereocenters. The maximum Gasteiger partial charge on any atom is 0.161 e. The second kappa shape index (κ2) is 7.02. The maximum atomic E-state index is 10.4. The molecule has 23 heavy (non-hydrogen) atoms. The average Bonchev–Trinajstić information content (AvgIpc) is 2.61. The normalized spacial score (nSPS) is 18.1. The average molecular weight is 314 g/mol. The van der Waals surface area contributed by atoms with Crippen molar-refractivity contribution in [1.29, 1.82) is 0 Å². The molecule has 0 aromatic heterocycles. The molecule has 122 valence electrons. The van der Waals surface area contributed by atoms with Crippen molar-refractivity contribution in [3.8, 4) is 11.5 Å². The van der Waals surface area contributed by atoms with E-state index in [0.717, 1.165) is 43.1 Å². The third-order valence-electron chi connectivity index (χ3n) is 4.56. The first-order valence-electron chi connectivity index (χ1n) is 8.01. The van der Waals surface area contributed by atoms with Gasteiger partial charge in [0.2, 0.25) is 0 Å². The van der Waals surface area contributed by atoms with Gasteiger partial charge in [-0.25, -0.2) is 0 Å². The third-order valence-corrected chi connectivity index (χ3v) is 4.56. The van der Waals surface area contributed by atoms with Gasteiger partial charge in [0.1, 0.15) is 19.2 Å². The largest absolute Gasteiger partial charge is 0.493 e. The van der Waals surface area contributed by atoms with Gasteiger partial charge in [-0.05, 0) is 23.3 Å². The molecule has 2 N–H and O–H groups in total. The monoisotopic (exact) mass is 314 g/mol. The Bertz CT molecular complexity index is 657. The lowest BCUT2D eigenvalue weighted by Crippen LogP contribution is -3.12. The summed E-state index contributed by atoms with van der Waals surface area (Å²) in [5, 5.41) is 10.4. The number of ether oxygens (including phenoxy) is 2. The molecule has 0 fully saturated rings. The van der Waals surface area contributed by atoms with Crippen LogP contribution >= 0.6 is 0 Å². The molecule has 0 radical (unpaired) electrons. The summed E-state index contributed by atoms with van der Waals surface area (Å²) in [6.45, 7) is 2.64. The summed E-state index contributed by atoms with van der Waals surface area (Å²) in [5.74, 6) is 1.56. The molecule has 4 heteroatoms. The van der Waals surface area contributed by atoms with Crippen LogP contribution in [-0.4, -0.2) is 32.4 Å². The summed E-state index contributed by atoms with van der Waals surface area (Å²) >= 11 is 0. The van der Waals surface area contributed by atoms with Gasteiger partial charge in [-0.1, -0.05) is 30.3 Å². The van der Waals surface area contributed by atoms with Gasteiger partial charge in [0.15, 0.2) is 11.5 Å². The van der Waals surface area contributed by atoms with Crippen LogP contribution in [-0.2, 0) is 13.0 Å². The number of hydrogen-bond donors (Lipinski definition) is 2. The molecular weight excluding hydrogens is 290 g/mol. The van der Waals surface area contributed by atoms with Crippen LogP contribution in [0.25, 0.3) is 0 Å². The summed E-state index contributed by atoms with van der Waals surface area (Å²) in [4.78, 5) is 1.39. The molecule has 2 aromatic carbocycles. The first-order chi connectivity index (χ1) is 11.2. The summed E-state index contributed by atoms with van der Waals surface area (Å²) in [6.07, 6.45) is 0.569. The Morgan fingerprint density at radius 2 is 1.70 bits per heavy atom. The Morgan fingerprint density at radius 3 is 2.35 bits per heavy atom. The van der Waals surface area contributed by atoms with Crippen LogP contribution in [0.3, 0.4) is 0 Å². The topological polar surface area (TPSA) is 43.1 Å². The highest BCUT2D eigenvalue weighted by Gasteiger charge is 2.24. The molecule has 0 spiro atoms. The van der Waals surface area contributed by atoms with Crippen molar-refractivity contribution >= 4 is 0 Å². The number of aliphatic hydroxyl groups excluding tert-OH is 1. The van der Waals surface area contributed by atoms with Crippen LogP contribution in [0.4, 0.5) is 0 Å². The summed E-state index contributed by atoms with van der Waals surface area (Å²) in [5.41, 5.74) is 3.59. The molecule has 0 saturated carbocycles. The Kier molecular flexibility index (Phi) is 4.84. The van der Waals surface area contributed by atoms with Gasteiger partial charge in [0, 0.05) is 12.0 Å². The molecule has 0 aliphatic carbocycles. The van der Waals surface area contributed by atoms with Crippen LogP contribution in [0.15, 0.2) is 42.5 Å². The fourth-order valence-electron chi connectivity index (χ4n) is 3.27. The standard InChI is InChI=1S/C19H23NO3/c1-22-18-10-15-8-9-20(12-16(15)11-19(18)23-2)13-17(21)14-6-4-3-5-7-14/h3-7,10-11,17,21H,8-9,12-13H2,1-2H3/p+1/t17-/m1/s1. The molecule has 0 amide bonds. The second-order valence-electron chi connectivity index (χ2n) is 6.03. The summed E-state index contributed by atoms with van der Waals surface area (Å²) < 4.78 is 10.8. The molecule has 4 nitrogen and oxygen atoms in total. The summed E-state index contributed by atoms with van der Waals surface area (Å²) in [6, 6.07) is 14.0. The van der Waals surface area contributed by atoms with E-state index in [2.05, 4.69) is 12.1 Å². The molecule has 1 aliphatic heterocycles. The number of hydrogen-bond acceptors (Lipinski definition) is 3. The highest BCUT2D eigenvalue weighted by atomic mass is 16.5. The van der Waals surface area contributed by atoms with Gasteiger partial charge in [-0.2, -0.15) is 0 Å². The molecule has 2 atom stereocenters. The van der Waals surface area contributed by atoms with Crippen molar-refractivity contribution in [2.75, 3.05) is 27.3 Å². The number of nitrogens with one attached hydrogen (secondary N) is 1. The minimum Gasteiger partial charge on any atom is -0.493 e. The number of quaternary nitrogens is 1. The van der Waals surface area contributed by atoms with Gasteiger partial charge >= 0.3 is 0 Å². The Labute approximate surface area is 137 Å². The summed E-state index contributed by atoms with van der Waals surface area (Å²) in [7, 11) is 3.33. The van der Waals surface area contributed by atoms with E-state index in [1.165, 1.54) is 16.0 Å². The maximum absolute atomic E-state index is 10.4. The van der Waals surface area contributed by atoms with Gasteiger partial charge < -0.3 is 19.5 Å². The minimum atomic E-state index is -0.423. The van der Waals surface area contributed by atoms with E-state index in [4.69, 9.17) is 9.47 Å². The van der Waals surface area contributed by atoms with E-state index in [9.17, 15) is 5.11 Å². The van der Waals surface area contributed by atoms with Crippen molar-refractivity contribution in [1.82, 2.24) is 0 Å². The predicted octanol–water partition coefficient (Wildman–Crippen LogP) is 1.38. The number of fused-ring (bicyclic) bond motifs is 1. The molecule has 2 aromatic rings. The fraction of sp³-hybridized carbons (Fsp3) is 0.368. The zero-order chi connectivity index (χ0) is 16.2. The highest BCUT2D eigenvalue weighted by molar-refractivity contribution is 5.47. The zero-order valence-electron chi connectivity index (χ0n) is 13.7. The molecule has 1 heterocycles. The van der Waals surface area contributed by atoms with Crippen LogP contribution in [0.2, 0.25) is 0 Å². The molecule has 1 aliphatic rings. The van der Waals surface area contributed by atoms with Gasteiger partial charge in [-0.15, -0.1) is 0 Å². The van der Waals surface area contributed by atoms with E-state index >= 15 is 0 Å². The first kappa shape index (κ1) is 15.8. The number of methoxy groups -OCH3 is 2. The lowest BCUT2D eigenvalue weighted by Gasteiger charge is -2.28. The Balaban J connectivity index is 1.72. The van der Waals surface area contributed by atoms with Crippen LogP contribution in [0.5, 0.6) is 11.5 Å². The third kappa shape index (κ3) is 3.49. The van der Waals surface area contributed by atoms with Crippen molar-refractivity contribution < 1.29 is 19.5 Å². The van der Waals surface area contributed by atoms with Crippen molar-refractivity contribution in [3.63, 3.8) is 0 Å². The molecule has 0 saturated heterocycles. The van der Waals surface area contributed by atoms with Crippen LogP contribution < -0.4 is 14.4 Å². The minimum absolute atomic E-state index is 0.423. The Hall–Kier alpha value is -2.04. The van der Waals surface area contributed by atoms with E-state index < -0.39 is 6.10 Å². The van der Waals surface area contributed by atoms with Crippen molar-refractivity contribution in [2.45, 2.75) is 19.1 Å². The van der Waals surface area contributed by atoms with Gasteiger partial charge in [-0.3, -0.25) is 0 Å². The number of aliphatic hydroxyl groups is 1. The van der Waals surface area contributed by atoms with E-state index in [1.54, 1.807) is 14.2 Å². The molecule has 0 bridgehead atoms. The van der Waals surface area contributed by atoms with Gasteiger partial charge in [0.05, 0.1) is 20.8 Å². The lowest BCUT2D eigenvalue weighted by atomic mass is 9.98. The van der Waals surface area contributed by atoms with E-state index in [-0.39, 0.29) is 0 Å². The molecular formula is C19H24NO3+. The Morgan fingerprint density at radius 1 is 1.04 bits per heavy atom. The lowest BCUT2D eigenvalue weighted by molar-refractivity contribution is -0.919. The fourth-order valence-corrected chi connectivity index (χ4v) is 3.27. The second-order valence-corrected chi connectivity index (χ2v) is 6.03. The van der Waals surface area contributed by atoms with Gasteiger partial charge in [0.25, 0.3) is 0 Å². The quantitative estimate of drug-likeness (QED) is 0.876. The van der Waals surface area contributed by atoms with Crippen molar-refractivity contribution in [3.05, 3.63) is 59.2 Å². The number of rotatable bonds is 5. The highest BCUT2D eigenvalue weighted by Crippen LogP contribution is 2.31. The van der Waals surface area contributed by atoms with Crippen LogP contribution in [0.1, 0.15) is 22.8 Å². The smallest absolute Gasteiger partial charge is 0.161 e. The van der Waals surface area contributed by atoms with E-state index in [1.807, 2.05) is 30.3 Å². The SMILES string of the molecule is COc1cc2c(cc1OC)C[NH+](C[C@@H](O)c1ccccc1)CC2. The van der Waals surface area contributed by atoms with Crippen molar-refractivity contribution in [2.24, 2.45) is 0 Å². The van der Waals surface area contributed by atoms with Crippen LogP contribution in [0, 0.1) is 0 Å².